The van der Waals surface area contributed by atoms with E-state index in [1.54, 1.807) is 0 Å². The van der Waals surface area contributed by atoms with E-state index in [0.29, 0.717) is 6.04 Å². The van der Waals surface area contributed by atoms with Crippen molar-refractivity contribution >= 4 is 18.2 Å². The molecule has 0 aliphatic heterocycles. The molecule has 0 aliphatic carbocycles. The fourth-order valence-corrected chi connectivity index (χ4v) is 1.79. The van der Waals surface area contributed by atoms with E-state index in [2.05, 4.69) is 35.6 Å². The molecule has 0 unspecified atom stereocenters. The van der Waals surface area contributed by atoms with Crippen LogP contribution < -0.4 is 5.32 Å². The van der Waals surface area contributed by atoms with E-state index in [1.807, 2.05) is 36.3 Å². The first kappa shape index (κ1) is 15.6. The highest BCUT2D eigenvalue weighted by Crippen LogP contribution is 2.13. The Kier molecular flexibility index (Phi) is 5.00. The van der Waals surface area contributed by atoms with Gasteiger partial charge in [0.15, 0.2) is 0 Å². The predicted molar refractivity (Wildman–Crippen MR) is 79.9 cm³/mol. The molecule has 0 amide bonds. The van der Waals surface area contributed by atoms with Crippen molar-refractivity contribution < 1.29 is 0 Å². The maximum Gasteiger partial charge on any atom is 0.148 e. The topological polar surface area (TPSA) is 47.7 Å². The van der Waals surface area contributed by atoms with Crippen molar-refractivity contribution in [3.63, 3.8) is 0 Å². The Balaban J connectivity index is 0.00000180. The molecule has 106 valence electrons. The number of halogens is 1. The second-order valence-electron chi connectivity index (χ2n) is 4.96. The van der Waals surface area contributed by atoms with Gasteiger partial charge in [-0.2, -0.15) is 10.2 Å². The third-order valence-electron chi connectivity index (χ3n) is 3.12. The first-order valence-corrected chi connectivity index (χ1v) is 6.26. The molecule has 6 heteroatoms. The Hall–Kier alpha value is -1.49. The van der Waals surface area contributed by atoms with E-state index in [-0.39, 0.29) is 12.4 Å². The van der Waals surface area contributed by atoms with Crippen LogP contribution in [0.5, 0.6) is 0 Å². The van der Waals surface area contributed by atoms with E-state index >= 15 is 0 Å². The Morgan fingerprint density at radius 3 is 2.42 bits per heavy atom. The Morgan fingerprint density at radius 1 is 1.26 bits per heavy atom. The summed E-state index contributed by atoms with van der Waals surface area (Å²) < 4.78 is 3.86. The second kappa shape index (κ2) is 6.10. The van der Waals surface area contributed by atoms with Gasteiger partial charge >= 0.3 is 0 Å². The van der Waals surface area contributed by atoms with E-state index in [9.17, 15) is 0 Å². The van der Waals surface area contributed by atoms with Gasteiger partial charge in [-0.15, -0.1) is 12.4 Å². The highest BCUT2D eigenvalue weighted by atomic mass is 35.5. The molecule has 0 radical (unpaired) electrons. The summed E-state index contributed by atoms with van der Waals surface area (Å²) in [5, 5.41) is 12.2. The number of aromatic nitrogens is 4. The Bertz CT molecular complexity index is 522. The molecule has 0 aliphatic rings. The molecule has 0 bridgehead atoms. The van der Waals surface area contributed by atoms with Gasteiger partial charge < -0.3 is 5.32 Å². The lowest BCUT2D eigenvalue weighted by Gasteiger charge is -2.03. The highest BCUT2D eigenvalue weighted by Gasteiger charge is 2.07. The molecule has 0 saturated heterocycles. The smallest absolute Gasteiger partial charge is 0.148 e. The molecule has 2 heterocycles. The average Bonchev–Trinajstić information content (AvgIpc) is 2.81. The minimum absolute atomic E-state index is 0. The third kappa shape index (κ3) is 3.50. The van der Waals surface area contributed by atoms with Gasteiger partial charge in [0.05, 0.1) is 5.69 Å². The minimum Gasteiger partial charge on any atom is -0.364 e. The van der Waals surface area contributed by atoms with Gasteiger partial charge in [0.1, 0.15) is 5.82 Å². The number of aryl methyl sites for hydroxylation is 3. The van der Waals surface area contributed by atoms with Gasteiger partial charge in [-0.3, -0.25) is 9.36 Å². The van der Waals surface area contributed by atoms with Crippen LogP contribution in [-0.4, -0.2) is 19.6 Å². The van der Waals surface area contributed by atoms with Gasteiger partial charge in [0, 0.05) is 43.2 Å². The summed E-state index contributed by atoms with van der Waals surface area (Å²) >= 11 is 0. The van der Waals surface area contributed by atoms with Crippen LogP contribution in [0.25, 0.3) is 0 Å². The van der Waals surface area contributed by atoms with Crippen LogP contribution in [0.2, 0.25) is 0 Å². The van der Waals surface area contributed by atoms with Gasteiger partial charge in [-0.05, 0) is 27.7 Å². The monoisotopic (exact) mass is 283 g/mol. The van der Waals surface area contributed by atoms with Gasteiger partial charge in [0.25, 0.3) is 0 Å². The van der Waals surface area contributed by atoms with Crippen molar-refractivity contribution in [2.24, 2.45) is 7.05 Å². The zero-order valence-corrected chi connectivity index (χ0v) is 13.0. The molecule has 0 fully saturated rings. The van der Waals surface area contributed by atoms with E-state index in [0.717, 1.165) is 23.8 Å². The van der Waals surface area contributed by atoms with Crippen molar-refractivity contribution in [3.05, 3.63) is 29.2 Å². The zero-order valence-electron chi connectivity index (χ0n) is 12.1. The van der Waals surface area contributed by atoms with Crippen LogP contribution in [0.3, 0.4) is 0 Å². The molecule has 19 heavy (non-hydrogen) atoms. The highest BCUT2D eigenvalue weighted by molar-refractivity contribution is 5.85. The lowest BCUT2D eigenvalue weighted by molar-refractivity contribution is 0.529. The van der Waals surface area contributed by atoms with Crippen molar-refractivity contribution in [2.45, 2.75) is 40.3 Å². The van der Waals surface area contributed by atoms with Gasteiger partial charge in [-0.25, -0.2) is 0 Å². The lowest BCUT2D eigenvalue weighted by Crippen LogP contribution is -2.02. The predicted octanol–water partition coefficient (Wildman–Crippen LogP) is 2.85. The van der Waals surface area contributed by atoms with Crippen LogP contribution >= 0.6 is 12.4 Å². The molecule has 2 aromatic heterocycles. The number of hydrogen-bond acceptors (Lipinski definition) is 3. The van der Waals surface area contributed by atoms with Crippen molar-refractivity contribution in [2.75, 3.05) is 5.32 Å². The SMILES string of the molecule is Cc1nn(C(C)C)cc1CNc1cc(C)n(C)n1.Cl. The summed E-state index contributed by atoms with van der Waals surface area (Å²) in [5.74, 6) is 0.909. The first-order valence-electron chi connectivity index (χ1n) is 6.26. The summed E-state index contributed by atoms with van der Waals surface area (Å²) in [6.07, 6.45) is 2.10. The number of hydrogen-bond donors (Lipinski definition) is 1. The molecular weight excluding hydrogens is 262 g/mol. The number of anilines is 1. The summed E-state index contributed by atoms with van der Waals surface area (Å²) in [5.41, 5.74) is 3.43. The lowest BCUT2D eigenvalue weighted by atomic mass is 10.2. The molecule has 2 aromatic rings. The fourth-order valence-electron chi connectivity index (χ4n) is 1.79. The second-order valence-corrected chi connectivity index (χ2v) is 4.96. The van der Waals surface area contributed by atoms with Gasteiger partial charge in [-0.1, -0.05) is 0 Å². The molecule has 5 nitrogen and oxygen atoms in total. The molecule has 2 rings (SSSR count). The maximum absolute atomic E-state index is 4.50. The van der Waals surface area contributed by atoms with Crippen molar-refractivity contribution in [1.82, 2.24) is 19.6 Å². The zero-order chi connectivity index (χ0) is 13.3. The van der Waals surface area contributed by atoms with Crippen LogP contribution in [0.4, 0.5) is 5.82 Å². The maximum atomic E-state index is 4.50. The van der Waals surface area contributed by atoms with Crippen LogP contribution in [0.15, 0.2) is 12.3 Å². The fraction of sp³-hybridized carbons (Fsp3) is 0.538. The molecule has 0 aromatic carbocycles. The standard InChI is InChI=1S/C13H21N5.ClH/c1-9(2)18-8-12(11(4)15-18)7-14-13-6-10(3)17(5)16-13;/h6,8-9H,7H2,1-5H3,(H,14,16);1H. The van der Waals surface area contributed by atoms with E-state index in [4.69, 9.17) is 0 Å². The molecule has 0 saturated carbocycles. The first-order chi connectivity index (χ1) is 8.47. The summed E-state index contributed by atoms with van der Waals surface area (Å²) in [6.45, 7) is 9.10. The minimum atomic E-state index is 0. The molecular formula is C13H22ClN5. The van der Waals surface area contributed by atoms with Crippen molar-refractivity contribution in [1.29, 1.82) is 0 Å². The number of nitrogens with one attached hydrogen (secondary N) is 1. The largest absolute Gasteiger partial charge is 0.364 e. The quantitative estimate of drug-likeness (QED) is 0.939. The summed E-state index contributed by atoms with van der Waals surface area (Å²) in [6, 6.07) is 2.44. The molecule has 1 N–H and O–H groups in total. The number of rotatable bonds is 4. The summed E-state index contributed by atoms with van der Waals surface area (Å²) in [4.78, 5) is 0. The van der Waals surface area contributed by atoms with Gasteiger partial charge in [0.2, 0.25) is 0 Å². The summed E-state index contributed by atoms with van der Waals surface area (Å²) in [7, 11) is 1.95. The third-order valence-corrected chi connectivity index (χ3v) is 3.12. The molecule has 0 atom stereocenters. The number of nitrogens with zero attached hydrogens (tertiary/aromatic N) is 4. The van der Waals surface area contributed by atoms with Crippen LogP contribution in [0, 0.1) is 13.8 Å². The van der Waals surface area contributed by atoms with Crippen LogP contribution in [0.1, 0.15) is 36.8 Å². The normalized spacial score (nSPS) is 10.6. The van der Waals surface area contributed by atoms with Crippen LogP contribution in [-0.2, 0) is 13.6 Å². The Labute approximate surface area is 120 Å². The average molecular weight is 284 g/mol. The Morgan fingerprint density at radius 2 is 1.95 bits per heavy atom. The molecule has 0 spiro atoms. The van der Waals surface area contributed by atoms with E-state index in [1.165, 1.54) is 5.56 Å². The van der Waals surface area contributed by atoms with E-state index < -0.39 is 0 Å². The van der Waals surface area contributed by atoms with Crippen molar-refractivity contribution in [3.8, 4) is 0 Å².